The van der Waals surface area contributed by atoms with Crippen molar-refractivity contribution in [2.45, 2.75) is 0 Å². The minimum Gasteiger partial charge on any atom is -0.454 e. The number of benzene rings is 9. The zero-order chi connectivity index (χ0) is 35.8. The third-order valence-electron chi connectivity index (χ3n) is 10.5. The van der Waals surface area contributed by atoms with Crippen LogP contribution in [0, 0.1) is 0 Å². The highest BCUT2D eigenvalue weighted by atomic mass is 16.3. The van der Waals surface area contributed by atoms with Crippen molar-refractivity contribution in [1.82, 2.24) is 0 Å². The van der Waals surface area contributed by atoms with E-state index in [1.165, 1.54) is 38.6 Å². The van der Waals surface area contributed by atoms with Crippen LogP contribution in [0.2, 0.25) is 0 Å². The molecule has 0 radical (unpaired) electrons. The lowest BCUT2D eigenvalue weighted by molar-refractivity contribution is 0.669. The van der Waals surface area contributed by atoms with Gasteiger partial charge in [0.25, 0.3) is 0 Å². The lowest BCUT2D eigenvalue weighted by Crippen LogP contribution is -2.11. The summed E-state index contributed by atoms with van der Waals surface area (Å²) in [5.41, 5.74) is 14.3. The highest BCUT2D eigenvalue weighted by molar-refractivity contribution is 6.11. The molecule has 10 rings (SSSR count). The van der Waals surface area contributed by atoms with E-state index in [4.69, 9.17) is 4.42 Å². The van der Waals surface area contributed by atoms with Crippen molar-refractivity contribution in [2.24, 2.45) is 0 Å². The lowest BCUT2D eigenvalue weighted by Gasteiger charge is -2.28. The molecule has 2 heteroatoms. The quantitative estimate of drug-likeness (QED) is 0.166. The Kier molecular flexibility index (Phi) is 7.85. The van der Waals surface area contributed by atoms with Crippen molar-refractivity contribution >= 4 is 49.8 Å². The molecule has 254 valence electrons. The minimum absolute atomic E-state index is 0.854. The Balaban J connectivity index is 1.13. The largest absolute Gasteiger partial charge is 0.454 e. The summed E-state index contributed by atoms with van der Waals surface area (Å²) in [6, 6.07) is 75.7. The maximum absolute atomic E-state index is 6.78. The first kappa shape index (κ1) is 31.6. The molecule has 0 unspecified atom stereocenters. The molecule has 54 heavy (non-hydrogen) atoms. The van der Waals surface area contributed by atoms with Gasteiger partial charge in [-0.05, 0) is 92.2 Å². The van der Waals surface area contributed by atoms with Gasteiger partial charge in [-0.15, -0.1) is 0 Å². The maximum atomic E-state index is 6.78. The van der Waals surface area contributed by atoms with Gasteiger partial charge in [0.05, 0.1) is 11.4 Å². The second kappa shape index (κ2) is 13.4. The molecule has 0 aliphatic rings. The van der Waals surface area contributed by atoms with Crippen molar-refractivity contribution in [3.63, 3.8) is 0 Å². The van der Waals surface area contributed by atoms with Crippen molar-refractivity contribution in [3.05, 3.63) is 212 Å². The highest BCUT2D eigenvalue weighted by Crippen LogP contribution is 2.46. The van der Waals surface area contributed by atoms with E-state index < -0.39 is 0 Å². The van der Waals surface area contributed by atoms with Crippen molar-refractivity contribution in [1.29, 1.82) is 0 Å². The van der Waals surface area contributed by atoms with Gasteiger partial charge in [0.1, 0.15) is 5.58 Å². The van der Waals surface area contributed by atoms with Gasteiger partial charge in [-0.2, -0.15) is 0 Å². The Morgan fingerprint density at radius 2 is 0.852 bits per heavy atom. The van der Waals surface area contributed by atoms with Gasteiger partial charge in [0.2, 0.25) is 0 Å². The first-order valence-corrected chi connectivity index (χ1v) is 18.4. The van der Waals surface area contributed by atoms with Crippen molar-refractivity contribution < 1.29 is 4.42 Å². The standard InChI is InChI=1S/C52H35NO/c1-4-14-36(15-5-1)42-30-33-51-48(35-42)46-23-13-25-50(52(46)54-51)53(49-24-11-10-21-45(49)39-18-8-3-9-19-39)43-31-28-37(29-32-43)41-27-26-40-20-12-22-44(47(40)34-41)38-16-6-2-7-17-38/h1-35H. The number of hydrogen-bond donors (Lipinski definition) is 0. The summed E-state index contributed by atoms with van der Waals surface area (Å²) >= 11 is 0. The van der Waals surface area contributed by atoms with Crippen LogP contribution in [0.1, 0.15) is 0 Å². The maximum Gasteiger partial charge on any atom is 0.159 e. The second-order valence-corrected chi connectivity index (χ2v) is 13.7. The van der Waals surface area contributed by atoms with Crippen LogP contribution in [0.15, 0.2) is 217 Å². The molecule has 0 aliphatic carbocycles. The van der Waals surface area contributed by atoms with Gasteiger partial charge < -0.3 is 9.32 Å². The van der Waals surface area contributed by atoms with E-state index in [0.717, 1.165) is 55.7 Å². The summed E-state index contributed by atoms with van der Waals surface area (Å²) in [5.74, 6) is 0. The van der Waals surface area contributed by atoms with Crippen LogP contribution in [0.3, 0.4) is 0 Å². The normalized spacial score (nSPS) is 11.3. The Morgan fingerprint density at radius 3 is 1.59 bits per heavy atom. The molecule has 0 bridgehead atoms. The summed E-state index contributed by atoms with van der Waals surface area (Å²) in [6.45, 7) is 0. The molecule has 2 nitrogen and oxygen atoms in total. The molecule has 10 aromatic rings. The van der Waals surface area contributed by atoms with Gasteiger partial charge in [-0.3, -0.25) is 0 Å². The molecule has 0 saturated carbocycles. The van der Waals surface area contributed by atoms with Gasteiger partial charge in [0, 0.05) is 22.0 Å². The summed E-state index contributed by atoms with van der Waals surface area (Å²) in [5, 5.41) is 4.67. The molecule has 1 heterocycles. The summed E-state index contributed by atoms with van der Waals surface area (Å²) in [4.78, 5) is 2.35. The van der Waals surface area contributed by atoms with E-state index >= 15 is 0 Å². The smallest absolute Gasteiger partial charge is 0.159 e. The average molecular weight is 690 g/mol. The molecule has 1 aromatic heterocycles. The van der Waals surface area contributed by atoms with E-state index in [-0.39, 0.29) is 0 Å². The number of para-hydroxylation sites is 2. The van der Waals surface area contributed by atoms with E-state index in [1.54, 1.807) is 0 Å². The van der Waals surface area contributed by atoms with Crippen LogP contribution in [0.5, 0.6) is 0 Å². The second-order valence-electron chi connectivity index (χ2n) is 13.7. The SMILES string of the molecule is c1ccc(-c2ccc3oc4c(N(c5ccc(-c6ccc7cccc(-c8ccccc8)c7c6)cc5)c5ccccc5-c5ccccc5)cccc4c3c2)cc1. The zero-order valence-electron chi connectivity index (χ0n) is 29.6. The molecule has 0 saturated heterocycles. The molecular formula is C52H35NO. The van der Waals surface area contributed by atoms with Crippen LogP contribution < -0.4 is 4.90 Å². The Bertz CT molecular complexity index is 2910. The fourth-order valence-electron chi connectivity index (χ4n) is 7.83. The van der Waals surface area contributed by atoms with Gasteiger partial charge in [0.15, 0.2) is 5.58 Å². The molecule has 9 aromatic carbocycles. The summed E-state index contributed by atoms with van der Waals surface area (Å²) in [6.07, 6.45) is 0. The Morgan fingerprint density at radius 1 is 0.315 bits per heavy atom. The zero-order valence-corrected chi connectivity index (χ0v) is 29.6. The molecule has 0 spiro atoms. The first-order chi connectivity index (χ1) is 26.8. The monoisotopic (exact) mass is 689 g/mol. The van der Waals surface area contributed by atoms with Gasteiger partial charge >= 0.3 is 0 Å². The molecule has 0 N–H and O–H groups in total. The Labute approximate surface area is 314 Å². The van der Waals surface area contributed by atoms with Crippen LogP contribution in [-0.2, 0) is 0 Å². The number of hydrogen-bond acceptors (Lipinski definition) is 2. The van der Waals surface area contributed by atoms with Crippen molar-refractivity contribution in [3.8, 4) is 44.5 Å². The van der Waals surface area contributed by atoms with Crippen LogP contribution in [-0.4, -0.2) is 0 Å². The van der Waals surface area contributed by atoms with E-state index in [1.807, 2.05) is 0 Å². The molecule has 0 aliphatic heterocycles. The highest BCUT2D eigenvalue weighted by Gasteiger charge is 2.22. The van der Waals surface area contributed by atoms with Crippen LogP contribution >= 0.6 is 0 Å². The Hall–Kier alpha value is -7.16. The predicted molar refractivity (Wildman–Crippen MR) is 228 cm³/mol. The molecule has 0 fully saturated rings. The van der Waals surface area contributed by atoms with Crippen LogP contribution in [0.4, 0.5) is 17.1 Å². The third kappa shape index (κ3) is 5.62. The van der Waals surface area contributed by atoms with E-state index in [9.17, 15) is 0 Å². The number of anilines is 3. The average Bonchev–Trinajstić information content (AvgIpc) is 3.63. The van der Waals surface area contributed by atoms with Gasteiger partial charge in [-0.1, -0.05) is 170 Å². The summed E-state index contributed by atoms with van der Waals surface area (Å²) < 4.78 is 6.78. The number of furan rings is 1. The molecule has 0 amide bonds. The van der Waals surface area contributed by atoms with Gasteiger partial charge in [-0.25, -0.2) is 0 Å². The predicted octanol–water partition coefficient (Wildman–Crippen LogP) is 14.9. The molecular weight excluding hydrogens is 655 g/mol. The van der Waals surface area contributed by atoms with Crippen molar-refractivity contribution in [2.75, 3.05) is 4.90 Å². The number of fused-ring (bicyclic) bond motifs is 4. The number of rotatable bonds is 7. The fraction of sp³-hybridized carbons (Fsp3) is 0. The fourth-order valence-corrected chi connectivity index (χ4v) is 7.83. The lowest BCUT2D eigenvalue weighted by atomic mass is 9.94. The third-order valence-corrected chi connectivity index (χ3v) is 10.5. The summed E-state index contributed by atoms with van der Waals surface area (Å²) in [7, 11) is 0. The van der Waals surface area contributed by atoms with E-state index in [2.05, 4.69) is 217 Å². The first-order valence-electron chi connectivity index (χ1n) is 18.4. The number of nitrogens with zero attached hydrogens (tertiary/aromatic N) is 1. The topological polar surface area (TPSA) is 16.4 Å². The van der Waals surface area contributed by atoms with E-state index in [0.29, 0.717) is 0 Å². The van der Waals surface area contributed by atoms with Crippen LogP contribution in [0.25, 0.3) is 77.2 Å². The minimum atomic E-state index is 0.854. The molecule has 0 atom stereocenters.